The van der Waals surface area contributed by atoms with Gasteiger partial charge in [-0.05, 0) is 30.3 Å². The van der Waals surface area contributed by atoms with Gasteiger partial charge in [0, 0.05) is 28.1 Å². The first kappa shape index (κ1) is 24.0. The molecule has 0 atom stereocenters. The van der Waals surface area contributed by atoms with Gasteiger partial charge in [0.15, 0.2) is 0 Å². The summed E-state index contributed by atoms with van der Waals surface area (Å²) in [6.45, 7) is 0. The van der Waals surface area contributed by atoms with Crippen LogP contribution in [0.5, 0.6) is 0 Å². The van der Waals surface area contributed by atoms with E-state index in [0.29, 0.717) is 21.8 Å². The Kier molecular flexibility index (Phi) is 7.43. The molecule has 0 aliphatic carbocycles. The van der Waals surface area contributed by atoms with Crippen LogP contribution in [0.1, 0.15) is 10.4 Å². The molecule has 1 aromatic heterocycles. The van der Waals surface area contributed by atoms with Crippen LogP contribution in [0.25, 0.3) is 33.0 Å². The van der Waals surface area contributed by atoms with Crippen LogP contribution < -0.4 is 0 Å². The summed E-state index contributed by atoms with van der Waals surface area (Å²) in [7, 11) is 0. The summed E-state index contributed by atoms with van der Waals surface area (Å²) in [6, 6.07) is 14.9. The van der Waals surface area contributed by atoms with E-state index in [1.807, 2.05) is 0 Å². The van der Waals surface area contributed by atoms with Crippen molar-refractivity contribution < 1.29 is 19.2 Å². The first-order valence-electron chi connectivity index (χ1n) is 8.87. The van der Waals surface area contributed by atoms with Gasteiger partial charge in [-0.3, -0.25) is 10.1 Å². The Labute approximate surface area is 212 Å². The van der Waals surface area contributed by atoms with Crippen molar-refractivity contribution in [2.24, 2.45) is 0 Å². The summed E-state index contributed by atoms with van der Waals surface area (Å²) in [4.78, 5) is 27.2. The number of halogens is 2. The third-order valence-corrected chi connectivity index (χ3v) is 5.79. The monoisotopic (exact) mass is 478 g/mol. The first-order chi connectivity index (χ1) is 14.8. The molecule has 0 bridgehead atoms. The summed E-state index contributed by atoms with van der Waals surface area (Å²) < 4.78 is 13.4. The fourth-order valence-electron chi connectivity index (χ4n) is 3.14. The molecule has 0 unspecified atom stereocenters. The minimum atomic E-state index is -1.21. The van der Waals surface area contributed by atoms with Crippen molar-refractivity contribution in [3.63, 3.8) is 0 Å². The zero-order valence-corrected chi connectivity index (χ0v) is 17.2. The Bertz CT molecular complexity index is 1350. The SMILES string of the molecule is O=C(O)c1cc(-c2nc(-c3ccc(F)c(Cl)c3)cs2)ccc1-c1ccccc1[N+](=O)[O-].[NaH]. The number of benzene rings is 3. The predicted octanol–water partition coefficient (Wildman–Crippen LogP) is 5.89. The molecule has 4 aromatic rings. The maximum absolute atomic E-state index is 13.4. The van der Waals surface area contributed by atoms with Crippen LogP contribution in [0.4, 0.5) is 10.1 Å². The molecule has 0 spiro atoms. The molecule has 0 aliphatic heterocycles. The number of carboxylic acid groups (broad SMARTS) is 1. The number of hydrogen-bond donors (Lipinski definition) is 1. The van der Waals surface area contributed by atoms with Crippen molar-refractivity contribution >= 4 is 64.2 Å². The second-order valence-corrected chi connectivity index (χ2v) is 7.77. The summed E-state index contributed by atoms with van der Waals surface area (Å²) in [5, 5.41) is 23.4. The molecule has 6 nitrogen and oxygen atoms in total. The number of aromatic nitrogens is 1. The van der Waals surface area contributed by atoms with E-state index in [1.165, 1.54) is 53.8 Å². The van der Waals surface area contributed by atoms with Gasteiger partial charge < -0.3 is 5.11 Å². The Hall–Kier alpha value is -2.62. The minimum absolute atomic E-state index is 0. The molecular weight excluding hydrogens is 466 g/mol. The topological polar surface area (TPSA) is 93.3 Å². The average Bonchev–Trinajstić information content (AvgIpc) is 3.25. The van der Waals surface area contributed by atoms with E-state index in [2.05, 4.69) is 4.98 Å². The number of hydrogen-bond acceptors (Lipinski definition) is 5. The van der Waals surface area contributed by atoms with E-state index in [1.54, 1.807) is 23.6 Å². The summed E-state index contributed by atoms with van der Waals surface area (Å²) >= 11 is 7.13. The van der Waals surface area contributed by atoms with Crippen molar-refractivity contribution in [1.82, 2.24) is 4.98 Å². The zero-order valence-electron chi connectivity index (χ0n) is 15.6. The van der Waals surface area contributed by atoms with E-state index >= 15 is 0 Å². The Morgan fingerprint density at radius 3 is 2.47 bits per heavy atom. The summed E-state index contributed by atoms with van der Waals surface area (Å²) in [5.74, 6) is -1.74. The van der Waals surface area contributed by atoms with Crippen LogP contribution in [0, 0.1) is 15.9 Å². The van der Waals surface area contributed by atoms with Gasteiger partial charge in [-0.15, -0.1) is 11.3 Å². The first-order valence-corrected chi connectivity index (χ1v) is 10.1. The number of carboxylic acids is 1. The number of carbonyl (C=O) groups is 1. The Balaban J connectivity index is 0.00000289. The van der Waals surface area contributed by atoms with Crippen LogP contribution in [-0.4, -0.2) is 50.5 Å². The molecule has 32 heavy (non-hydrogen) atoms. The predicted molar refractivity (Wildman–Crippen MR) is 124 cm³/mol. The molecule has 1 N–H and O–H groups in total. The standard InChI is InChI=1S/C22H12ClFN2O4S.Na.H/c23-17-10-12(6-8-18(17)24)19-11-31-21(25-19)13-5-7-14(16(9-13)22(27)28)15-3-1-2-4-20(15)26(29)30;;/h1-11H,(H,27,28);;. The van der Waals surface area contributed by atoms with Crippen LogP contribution in [0.2, 0.25) is 5.02 Å². The number of aromatic carboxylic acids is 1. The molecule has 4 rings (SSSR count). The molecule has 3 aromatic carbocycles. The van der Waals surface area contributed by atoms with Gasteiger partial charge in [0.25, 0.3) is 5.69 Å². The fraction of sp³-hybridized carbons (Fsp3) is 0. The third-order valence-electron chi connectivity index (χ3n) is 4.61. The molecule has 0 fully saturated rings. The Morgan fingerprint density at radius 2 is 1.78 bits per heavy atom. The van der Waals surface area contributed by atoms with E-state index in [9.17, 15) is 24.4 Å². The summed E-state index contributed by atoms with van der Waals surface area (Å²) in [6.07, 6.45) is 0. The van der Waals surface area contributed by atoms with E-state index in [-0.39, 0.29) is 57.0 Å². The summed E-state index contributed by atoms with van der Waals surface area (Å²) in [5.41, 5.74) is 1.95. The molecular formula is C22H13ClFN2NaO4S. The number of rotatable bonds is 5. The second kappa shape index (κ2) is 9.89. The van der Waals surface area contributed by atoms with Crippen LogP contribution >= 0.6 is 22.9 Å². The molecule has 10 heteroatoms. The van der Waals surface area contributed by atoms with E-state index in [0.717, 1.165) is 0 Å². The van der Waals surface area contributed by atoms with Gasteiger partial charge in [0.05, 0.1) is 26.8 Å². The van der Waals surface area contributed by atoms with E-state index < -0.39 is 16.7 Å². The third kappa shape index (κ3) is 4.74. The van der Waals surface area contributed by atoms with Gasteiger partial charge in [-0.2, -0.15) is 0 Å². The van der Waals surface area contributed by atoms with E-state index in [4.69, 9.17) is 11.6 Å². The van der Waals surface area contributed by atoms with Crippen LogP contribution in [0.15, 0.2) is 66.0 Å². The number of thiazole rings is 1. The molecule has 156 valence electrons. The molecule has 0 saturated heterocycles. The molecule has 0 aliphatic rings. The average molecular weight is 479 g/mol. The number of nitro benzene ring substituents is 1. The van der Waals surface area contributed by atoms with Crippen LogP contribution in [-0.2, 0) is 0 Å². The number of nitrogens with zero attached hydrogens (tertiary/aromatic N) is 2. The van der Waals surface area contributed by atoms with Gasteiger partial charge in [0.1, 0.15) is 10.8 Å². The second-order valence-electron chi connectivity index (χ2n) is 6.51. The van der Waals surface area contributed by atoms with Crippen molar-refractivity contribution in [1.29, 1.82) is 0 Å². The van der Waals surface area contributed by atoms with Gasteiger partial charge in [0.2, 0.25) is 0 Å². The maximum atomic E-state index is 13.4. The quantitative estimate of drug-likeness (QED) is 0.219. The van der Waals surface area contributed by atoms with Crippen molar-refractivity contribution in [2.45, 2.75) is 0 Å². The molecule has 1 heterocycles. The van der Waals surface area contributed by atoms with Crippen molar-refractivity contribution in [3.8, 4) is 33.0 Å². The van der Waals surface area contributed by atoms with Crippen molar-refractivity contribution in [3.05, 3.63) is 92.6 Å². The molecule has 0 amide bonds. The Morgan fingerprint density at radius 1 is 1.06 bits per heavy atom. The fourth-order valence-corrected chi connectivity index (χ4v) is 4.15. The van der Waals surface area contributed by atoms with Crippen LogP contribution in [0.3, 0.4) is 0 Å². The zero-order chi connectivity index (χ0) is 22.1. The molecule has 0 radical (unpaired) electrons. The number of nitro groups is 1. The van der Waals surface area contributed by atoms with Gasteiger partial charge in [-0.25, -0.2) is 14.2 Å². The van der Waals surface area contributed by atoms with Gasteiger partial charge in [-0.1, -0.05) is 35.9 Å². The normalized spacial score (nSPS) is 10.4. The van der Waals surface area contributed by atoms with Gasteiger partial charge >= 0.3 is 35.5 Å². The number of para-hydroxylation sites is 1. The molecule has 0 saturated carbocycles. The van der Waals surface area contributed by atoms with Crippen molar-refractivity contribution in [2.75, 3.05) is 0 Å².